The first kappa shape index (κ1) is 16.6. The zero-order valence-electron chi connectivity index (χ0n) is 12.0. The van der Waals surface area contributed by atoms with Gasteiger partial charge in [0, 0.05) is 0 Å². The lowest BCUT2D eigenvalue weighted by Crippen LogP contribution is -2.35. The molecule has 0 aromatic carbocycles. The molecule has 0 N–H and O–H groups in total. The molecular formula is C15H26O3. The van der Waals surface area contributed by atoms with E-state index < -0.39 is 0 Å². The summed E-state index contributed by atoms with van der Waals surface area (Å²) in [6.07, 6.45) is 11.7. The molecule has 0 saturated heterocycles. The van der Waals surface area contributed by atoms with E-state index in [0.29, 0.717) is 19.8 Å². The summed E-state index contributed by atoms with van der Waals surface area (Å²) in [6, 6.07) is 0. The van der Waals surface area contributed by atoms with Crippen molar-refractivity contribution in [3.63, 3.8) is 0 Å². The summed E-state index contributed by atoms with van der Waals surface area (Å²) in [5.41, 5.74) is -0.126. The summed E-state index contributed by atoms with van der Waals surface area (Å²) in [4.78, 5) is 0. The molecule has 0 aliphatic rings. The van der Waals surface area contributed by atoms with Gasteiger partial charge in [-0.3, -0.25) is 0 Å². The molecule has 18 heavy (non-hydrogen) atoms. The van der Waals surface area contributed by atoms with E-state index in [0.717, 1.165) is 6.42 Å². The lowest BCUT2D eigenvalue weighted by Gasteiger charge is -2.30. The van der Waals surface area contributed by atoms with Crippen molar-refractivity contribution < 1.29 is 14.2 Å². The molecule has 0 saturated carbocycles. The Bertz CT molecular complexity index is 226. The smallest absolute Gasteiger partial charge is 0.0994 e. The topological polar surface area (TPSA) is 27.7 Å². The third-order valence-corrected chi connectivity index (χ3v) is 2.62. The Balaban J connectivity index is 4.47. The Hall–Kier alpha value is -1.38. The van der Waals surface area contributed by atoms with Crippen LogP contribution in [0.1, 0.15) is 34.1 Å². The van der Waals surface area contributed by atoms with Gasteiger partial charge < -0.3 is 14.2 Å². The molecule has 0 aliphatic carbocycles. The second-order valence-corrected chi connectivity index (χ2v) is 4.19. The Labute approximate surface area is 111 Å². The van der Waals surface area contributed by atoms with Crippen LogP contribution in [0.15, 0.2) is 37.0 Å². The van der Waals surface area contributed by atoms with Crippen LogP contribution < -0.4 is 0 Å². The summed E-state index contributed by atoms with van der Waals surface area (Å²) in [7, 11) is 0. The Morgan fingerprint density at radius 2 is 1.06 bits per heavy atom. The molecule has 0 fully saturated rings. The second-order valence-electron chi connectivity index (χ2n) is 4.19. The molecule has 3 nitrogen and oxygen atoms in total. The van der Waals surface area contributed by atoms with Crippen molar-refractivity contribution in [3.8, 4) is 0 Å². The average molecular weight is 254 g/mol. The second kappa shape index (κ2) is 10.8. The van der Waals surface area contributed by atoms with E-state index in [-0.39, 0.29) is 5.41 Å². The van der Waals surface area contributed by atoms with Gasteiger partial charge in [-0.25, -0.2) is 0 Å². The SMILES string of the molecule is C/C=C/OCC(CC)(CO/C=C/C)CO/C=C/C. The van der Waals surface area contributed by atoms with Crippen molar-refractivity contribution >= 4 is 0 Å². The summed E-state index contributed by atoms with van der Waals surface area (Å²) in [5, 5.41) is 0. The number of allylic oxidation sites excluding steroid dienone is 3. The number of ether oxygens (including phenoxy) is 3. The van der Waals surface area contributed by atoms with Crippen LogP contribution in [0.5, 0.6) is 0 Å². The van der Waals surface area contributed by atoms with Crippen LogP contribution in [0.3, 0.4) is 0 Å². The monoisotopic (exact) mass is 254 g/mol. The van der Waals surface area contributed by atoms with Crippen molar-refractivity contribution in [3.05, 3.63) is 37.0 Å². The van der Waals surface area contributed by atoms with E-state index in [1.165, 1.54) is 0 Å². The molecule has 0 spiro atoms. The van der Waals surface area contributed by atoms with Crippen molar-refractivity contribution in [2.24, 2.45) is 5.41 Å². The van der Waals surface area contributed by atoms with Crippen LogP contribution in [0, 0.1) is 5.41 Å². The quantitative estimate of drug-likeness (QED) is 0.551. The van der Waals surface area contributed by atoms with Crippen LogP contribution in [-0.2, 0) is 14.2 Å². The van der Waals surface area contributed by atoms with E-state index in [1.54, 1.807) is 18.8 Å². The van der Waals surface area contributed by atoms with Crippen LogP contribution in [0.25, 0.3) is 0 Å². The average Bonchev–Trinajstić information content (AvgIpc) is 2.39. The maximum Gasteiger partial charge on any atom is 0.0994 e. The Morgan fingerprint density at radius 3 is 1.28 bits per heavy atom. The minimum atomic E-state index is -0.126. The predicted octanol–water partition coefficient (Wildman–Crippen LogP) is 4.03. The van der Waals surface area contributed by atoms with E-state index >= 15 is 0 Å². The van der Waals surface area contributed by atoms with Crippen molar-refractivity contribution in [1.82, 2.24) is 0 Å². The molecule has 0 amide bonds. The molecule has 0 aliphatic heterocycles. The van der Waals surface area contributed by atoms with E-state index in [9.17, 15) is 0 Å². The van der Waals surface area contributed by atoms with Crippen LogP contribution in [0.4, 0.5) is 0 Å². The lowest BCUT2D eigenvalue weighted by molar-refractivity contribution is -0.0126. The number of hydrogen-bond donors (Lipinski definition) is 0. The lowest BCUT2D eigenvalue weighted by atomic mass is 9.88. The first-order valence-electron chi connectivity index (χ1n) is 6.43. The molecule has 0 heterocycles. The van der Waals surface area contributed by atoms with Gasteiger partial charge in [-0.2, -0.15) is 0 Å². The highest BCUT2D eigenvalue weighted by atomic mass is 16.5. The fraction of sp³-hybridized carbons (Fsp3) is 0.600. The largest absolute Gasteiger partial charge is 0.501 e. The Morgan fingerprint density at radius 1 is 0.722 bits per heavy atom. The molecule has 0 unspecified atom stereocenters. The molecule has 3 heteroatoms. The zero-order chi connectivity index (χ0) is 13.7. The Kier molecular flexibility index (Phi) is 9.93. The molecule has 0 radical (unpaired) electrons. The fourth-order valence-corrected chi connectivity index (χ4v) is 1.39. The summed E-state index contributed by atoms with van der Waals surface area (Å²) in [5.74, 6) is 0. The van der Waals surface area contributed by atoms with E-state index in [2.05, 4.69) is 6.92 Å². The molecular weight excluding hydrogens is 228 g/mol. The van der Waals surface area contributed by atoms with Gasteiger partial charge in [0.25, 0.3) is 0 Å². The highest BCUT2D eigenvalue weighted by Gasteiger charge is 2.30. The standard InChI is InChI=1S/C15H26O3/c1-5-9-16-12-15(8-4,13-17-10-6-2)14-18-11-7-3/h5-7,9-11H,8,12-14H2,1-4H3/b9-5+,10-6+,11-7+. The minimum Gasteiger partial charge on any atom is -0.501 e. The van der Waals surface area contributed by atoms with Gasteiger partial charge in [0.2, 0.25) is 0 Å². The van der Waals surface area contributed by atoms with Crippen molar-refractivity contribution in [1.29, 1.82) is 0 Å². The van der Waals surface area contributed by atoms with E-state index in [4.69, 9.17) is 14.2 Å². The predicted molar refractivity (Wildman–Crippen MR) is 75.0 cm³/mol. The van der Waals surface area contributed by atoms with Gasteiger partial charge in [-0.05, 0) is 27.2 Å². The third kappa shape index (κ3) is 7.05. The summed E-state index contributed by atoms with van der Waals surface area (Å²) >= 11 is 0. The molecule has 0 bridgehead atoms. The number of hydrogen-bond acceptors (Lipinski definition) is 3. The van der Waals surface area contributed by atoms with Crippen LogP contribution in [0.2, 0.25) is 0 Å². The molecule has 0 atom stereocenters. The van der Waals surface area contributed by atoms with Gasteiger partial charge in [0.15, 0.2) is 0 Å². The molecule has 104 valence electrons. The minimum absolute atomic E-state index is 0.126. The van der Waals surface area contributed by atoms with Crippen molar-refractivity contribution in [2.75, 3.05) is 19.8 Å². The van der Waals surface area contributed by atoms with Gasteiger partial charge in [0.1, 0.15) is 0 Å². The van der Waals surface area contributed by atoms with Crippen LogP contribution in [-0.4, -0.2) is 19.8 Å². The fourth-order valence-electron chi connectivity index (χ4n) is 1.39. The molecule has 0 aromatic heterocycles. The van der Waals surface area contributed by atoms with Gasteiger partial charge in [-0.15, -0.1) is 0 Å². The highest BCUT2D eigenvalue weighted by molar-refractivity contribution is 4.82. The van der Waals surface area contributed by atoms with Gasteiger partial charge >= 0.3 is 0 Å². The number of rotatable bonds is 10. The van der Waals surface area contributed by atoms with Gasteiger partial charge in [-0.1, -0.05) is 25.2 Å². The normalized spacial score (nSPS) is 12.7. The van der Waals surface area contributed by atoms with Crippen LogP contribution >= 0.6 is 0 Å². The molecule has 0 rings (SSSR count). The summed E-state index contributed by atoms with van der Waals surface area (Å²) in [6.45, 7) is 9.67. The highest BCUT2D eigenvalue weighted by Crippen LogP contribution is 2.24. The zero-order valence-corrected chi connectivity index (χ0v) is 12.0. The van der Waals surface area contributed by atoms with Gasteiger partial charge in [0.05, 0.1) is 44.0 Å². The van der Waals surface area contributed by atoms with Crippen molar-refractivity contribution in [2.45, 2.75) is 34.1 Å². The first-order chi connectivity index (χ1) is 8.74. The maximum absolute atomic E-state index is 5.51. The maximum atomic E-state index is 5.51. The third-order valence-electron chi connectivity index (χ3n) is 2.62. The summed E-state index contributed by atoms with van der Waals surface area (Å²) < 4.78 is 16.5. The van der Waals surface area contributed by atoms with E-state index in [1.807, 2.05) is 39.0 Å². The molecule has 0 aromatic rings. The first-order valence-corrected chi connectivity index (χ1v) is 6.43.